The van der Waals surface area contributed by atoms with Crippen molar-refractivity contribution < 1.29 is 24.4 Å². The molecule has 0 aliphatic heterocycles. The lowest BCUT2D eigenvalue weighted by atomic mass is 10.1. The Morgan fingerprint density at radius 2 is 2.10 bits per heavy atom. The van der Waals surface area contributed by atoms with Crippen LogP contribution in [-0.4, -0.2) is 28.6 Å². The van der Waals surface area contributed by atoms with Crippen LogP contribution < -0.4 is 0 Å². The van der Waals surface area contributed by atoms with Crippen LogP contribution in [0.5, 0.6) is 0 Å². The second kappa shape index (κ2) is 6.65. The van der Waals surface area contributed by atoms with Gasteiger partial charge in [0.25, 0.3) is 5.69 Å². The van der Waals surface area contributed by atoms with Gasteiger partial charge in [0.05, 0.1) is 17.1 Å². The molecular weight excluding hydrogens is 266 g/mol. The molecule has 0 spiro atoms. The molecule has 0 heterocycles. The van der Waals surface area contributed by atoms with Crippen LogP contribution in [0.4, 0.5) is 5.69 Å². The molecule has 1 aromatic carbocycles. The summed E-state index contributed by atoms with van der Waals surface area (Å²) in [7, 11) is 0. The molecule has 0 radical (unpaired) electrons. The lowest BCUT2D eigenvalue weighted by molar-refractivity contribution is -0.385. The molecule has 0 fully saturated rings. The molecule has 0 unspecified atom stereocenters. The zero-order valence-corrected chi connectivity index (χ0v) is 11.2. The number of nitro groups is 1. The Kier molecular flexibility index (Phi) is 5.19. The smallest absolute Gasteiger partial charge is 0.343 e. The van der Waals surface area contributed by atoms with Crippen LogP contribution in [0.15, 0.2) is 18.2 Å². The average molecular weight is 281 g/mol. The van der Waals surface area contributed by atoms with Crippen molar-refractivity contribution in [2.75, 3.05) is 6.61 Å². The van der Waals surface area contributed by atoms with Crippen LogP contribution in [0, 0.1) is 16.0 Å². The van der Waals surface area contributed by atoms with Crippen molar-refractivity contribution in [2.24, 2.45) is 5.92 Å². The minimum Gasteiger partial charge on any atom is -0.477 e. The van der Waals surface area contributed by atoms with Crippen LogP contribution in [0.3, 0.4) is 0 Å². The van der Waals surface area contributed by atoms with E-state index in [1.807, 2.05) is 13.8 Å². The number of aromatic carboxylic acids is 1. The van der Waals surface area contributed by atoms with E-state index in [0.717, 1.165) is 12.5 Å². The normalized spacial score (nSPS) is 11.7. The van der Waals surface area contributed by atoms with Gasteiger partial charge in [0.15, 0.2) is 5.56 Å². The van der Waals surface area contributed by atoms with E-state index in [1.165, 1.54) is 12.1 Å². The van der Waals surface area contributed by atoms with Gasteiger partial charge in [-0.1, -0.05) is 26.3 Å². The van der Waals surface area contributed by atoms with Crippen LogP contribution in [0.2, 0.25) is 0 Å². The van der Waals surface area contributed by atoms with Crippen molar-refractivity contribution in [1.29, 1.82) is 0 Å². The molecule has 7 nitrogen and oxygen atoms in total. The number of ether oxygens (including phenoxy) is 1. The maximum Gasteiger partial charge on any atom is 0.343 e. The monoisotopic (exact) mass is 281 g/mol. The van der Waals surface area contributed by atoms with E-state index in [0.29, 0.717) is 0 Å². The number of carboxylic acids is 1. The lowest BCUT2D eigenvalue weighted by Crippen LogP contribution is -2.16. The van der Waals surface area contributed by atoms with E-state index < -0.39 is 28.1 Å². The van der Waals surface area contributed by atoms with Crippen LogP contribution >= 0.6 is 0 Å². The quantitative estimate of drug-likeness (QED) is 0.487. The van der Waals surface area contributed by atoms with E-state index in [4.69, 9.17) is 9.84 Å². The average Bonchev–Trinajstić information content (AvgIpc) is 2.43. The summed E-state index contributed by atoms with van der Waals surface area (Å²) >= 11 is 0. The van der Waals surface area contributed by atoms with Gasteiger partial charge >= 0.3 is 11.9 Å². The zero-order chi connectivity index (χ0) is 15.3. The van der Waals surface area contributed by atoms with Gasteiger partial charge in [-0.3, -0.25) is 10.1 Å². The molecule has 1 N–H and O–H groups in total. The van der Waals surface area contributed by atoms with E-state index >= 15 is 0 Å². The summed E-state index contributed by atoms with van der Waals surface area (Å²) in [5, 5.41) is 19.9. The Labute approximate surface area is 115 Å². The second-order valence-corrected chi connectivity index (χ2v) is 4.37. The molecule has 1 aromatic rings. The SMILES string of the molecule is CC[C@H](C)COC(=O)c1cccc([N+](=O)[O-])c1C(=O)O. The first kappa shape index (κ1) is 15.6. The maximum atomic E-state index is 11.9. The molecule has 0 saturated carbocycles. The number of carbonyl (C=O) groups excluding carboxylic acids is 1. The van der Waals surface area contributed by atoms with Crippen LogP contribution in [-0.2, 0) is 4.74 Å². The molecule has 0 aromatic heterocycles. The summed E-state index contributed by atoms with van der Waals surface area (Å²) in [6.45, 7) is 3.93. The number of nitrogens with zero attached hydrogens (tertiary/aromatic N) is 1. The summed E-state index contributed by atoms with van der Waals surface area (Å²) in [6, 6.07) is 3.49. The minimum atomic E-state index is -1.53. The van der Waals surface area contributed by atoms with Gasteiger partial charge in [-0.25, -0.2) is 9.59 Å². The third-order valence-corrected chi connectivity index (χ3v) is 2.87. The first-order valence-electron chi connectivity index (χ1n) is 6.06. The fraction of sp³-hybridized carbons (Fsp3) is 0.385. The summed E-state index contributed by atoms with van der Waals surface area (Å²) in [6.07, 6.45) is 0.800. The summed E-state index contributed by atoms with van der Waals surface area (Å²) in [5.41, 5.74) is -1.59. The highest BCUT2D eigenvalue weighted by Crippen LogP contribution is 2.23. The molecule has 7 heteroatoms. The maximum absolute atomic E-state index is 11.9. The molecular formula is C13H15NO6. The number of benzene rings is 1. The topological polar surface area (TPSA) is 107 Å². The number of hydrogen-bond acceptors (Lipinski definition) is 5. The number of hydrogen-bond donors (Lipinski definition) is 1. The Morgan fingerprint density at radius 3 is 2.60 bits per heavy atom. The highest BCUT2D eigenvalue weighted by molar-refractivity contribution is 6.05. The van der Waals surface area contributed by atoms with Crippen molar-refractivity contribution >= 4 is 17.6 Å². The van der Waals surface area contributed by atoms with Gasteiger partial charge < -0.3 is 9.84 Å². The fourth-order valence-electron chi connectivity index (χ4n) is 1.50. The van der Waals surface area contributed by atoms with E-state index in [9.17, 15) is 19.7 Å². The zero-order valence-electron chi connectivity index (χ0n) is 11.2. The fourth-order valence-corrected chi connectivity index (χ4v) is 1.50. The molecule has 108 valence electrons. The Hall–Kier alpha value is -2.44. The van der Waals surface area contributed by atoms with Crippen LogP contribution in [0.25, 0.3) is 0 Å². The number of carbonyl (C=O) groups is 2. The Balaban J connectivity index is 3.11. The molecule has 0 saturated heterocycles. The van der Waals surface area contributed by atoms with Crippen molar-refractivity contribution in [1.82, 2.24) is 0 Å². The van der Waals surface area contributed by atoms with Gasteiger partial charge in [0.2, 0.25) is 0 Å². The number of rotatable bonds is 6. The predicted molar refractivity (Wildman–Crippen MR) is 69.8 cm³/mol. The minimum absolute atomic E-state index is 0.130. The van der Waals surface area contributed by atoms with Gasteiger partial charge in [-0.05, 0) is 12.0 Å². The lowest BCUT2D eigenvalue weighted by Gasteiger charge is -2.10. The van der Waals surface area contributed by atoms with E-state index in [-0.39, 0.29) is 18.1 Å². The summed E-state index contributed by atoms with van der Waals surface area (Å²) < 4.78 is 4.98. The van der Waals surface area contributed by atoms with Gasteiger partial charge in [0.1, 0.15) is 0 Å². The van der Waals surface area contributed by atoms with Crippen molar-refractivity contribution in [3.8, 4) is 0 Å². The van der Waals surface area contributed by atoms with Crippen molar-refractivity contribution in [3.05, 3.63) is 39.4 Å². The van der Waals surface area contributed by atoms with Crippen molar-refractivity contribution in [3.63, 3.8) is 0 Å². The molecule has 1 atom stereocenters. The molecule has 0 bridgehead atoms. The number of nitro benzene ring substituents is 1. The first-order valence-corrected chi connectivity index (χ1v) is 6.06. The highest BCUT2D eigenvalue weighted by Gasteiger charge is 2.27. The van der Waals surface area contributed by atoms with Crippen LogP contribution in [0.1, 0.15) is 41.0 Å². The second-order valence-electron chi connectivity index (χ2n) is 4.37. The summed E-state index contributed by atoms with van der Waals surface area (Å²) in [4.78, 5) is 33.0. The molecule has 0 aliphatic carbocycles. The molecule has 1 rings (SSSR count). The standard InChI is InChI=1S/C13H15NO6/c1-3-8(2)7-20-13(17)9-5-4-6-10(14(18)19)11(9)12(15)16/h4-6,8H,3,7H2,1-2H3,(H,15,16)/t8-/m0/s1. The van der Waals surface area contributed by atoms with E-state index in [1.54, 1.807) is 0 Å². The molecule has 0 amide bonds. The third-order valence-electron chi connectivity index (χ3n) is 2.87. The number of carboxylic acid groups (broad SMARTS) is 1. The predicted octanol–water partition coefficient (Wildman–Crippen LogP) is 2.50. The third kappa shape index (κ3) is 3.53. The largest absolute Gasteiger partial charge is 0.477 e. The summed E-state index contributed by atoms with van der Waals surface area (Å²) in [5.74, 6) is -2.27. The van der Waals surface area contributed by atoms with Gasteiger partial charge in [-0.15, -0.1) is 0 Å². The van der Waals surface area contributed by atoms with Gasteiger partial charge in [-0.2, -0.15) is 0 Å². The Morgan fingerprint density at radius 1 is 1.45 bits per heavy atom. The molecule has 20 heavy (non-hydrogen) atoms. The molecule has 0 aliphatic rings. The van der Waals surface area contributed by atoms with E-state index in [2.05, 4.69) is 0 Å². The number of esters is 1. The van der Waals surface area contributed by atoms with Gasteiger partial charge in [0, 0.05) is 6.07 Å². The van der Waals surface area contributed by atoms with Crippen molar-refractivity contribution in [2.45, 2.75) is 20.3 Å². The Bertz CT molecular complexity index is 540. The highest BCUT2D eigenvalue weighted by atomic mass is 16.6. The first-order chi connectivity index (χ1) is 9.38.